The molecule has 0 bridgehead atoms. The Morgan fingerprint density at radius 1 is 1.24 bits per heavy atom. The van der Waals surface area contributed by atoms with Crippen LogP contribution in [0.3, 0.4) is 0 Å². The molecule has 1 aromatic rings. The molecular formula is C18H27NO2. The maximum atomic E-state index is 11.0. The second-order valence-corrected chi connectivity index (χ2v) is 4.66. The fraction of sp³-hybridized carbons (Fsp3) is 0.444. The van der Waals surface area contributed by atoms with Crippen molar-refractivity contribution in [3.63, 3.8) is 0 Å². The Labute approximate surface area is 128 Å². The number of hydrogen-bond donors (Lipinski definition) is 1. The number of carbonyl (C=O) groups excluding carboxylic acids is 1. The van der Waals surface area contributed by atoms with E-state index >= 15 is 0 Å². The number of carbonyl (C=O) groups is 1. The van der Waals surface area contributed by atoms with E-state index in [-0.39, 0.29) is 11.5 Å². The topological polar surface area (TPSA) is 49.7 Å². The zero-order valence-electron chi connectivity index (χ0n) is 13.4. The first kappa shape index (κ1) is 19.1. The third-order valence-corrected chi connectivity index (χ3v) is 2.78. The molecule has 0 saturated carbocycles. The van der Waals surface area contributed by atoms with Crippen molar-refractivity contribution in [1.82, 2.24) is 0 Å². The molecule has 0 radical (unpaired) electrons. The van der Waals surface area contributed by atoms with Gasteiger partial charge in [0, 0.05) is 25.3 Å². The average molecular weight is 289 g/mol. The van der Waals surface area contributed by atoms with E-state index < -0.39 is 0 Å². The second-order valence-electron chi connectivity index (χ2n) is 4.66. The van der Waals surface area contributed by atoms with Gasteiger partial charge in [0.2, 0.25) is 0 Å². The van der Waals surface area contributed by atoms with Crippen LogP contribution in [0.5, 0.6) is 5.75 Å². The number of nitrogens with zero attached hydrogens (tertiary/aromatic N) is 1. The summed E-state index contributed by atoms with van der Waals surface area (Å²) in [5.41, 5.74) is 1.10. The number of Topliss-reactive ketones (excluding diaryl/α,β-unsaturated/α-hetero) is 1. The third-order valence-electron chi connectivity index (χ3n) is 2.78. The number of aliphatic imine (C=N–C) groups is 1. The predicted molar refractivity (Wildman–Crippen MR) is 89.9 cm³/mol. The number of phenolic OH excluding ortho intramolecular Hbond substituents is 1. The van der Waals surface area contributed by atoms with Crippen molar-refractivity contribution in [2.24, 2.45) is 4.99 Å². The van der Waals surface area contributed by atoms with Gasteiger partial charge in [-0.25, -0.2) is 0 Å². The van der Waals surface area contributed by atoms with Gasteiger partial charge in [-0.1, -0.05) is 38.5 Å². The monoisotopic (exact) mass is 289 g/mol. The summed E-state index contributed by atoms with van der Waals surface area (Å²) in [6.45, 7) is 5.98. The zero-order chi connectivity index (χ0) is 15.9. The molecule has 0 amide bonds. The highest BCUT2D eigenvalue weighted by atomic mass is 16.3. The Hall–Kier alpha value is -1.90. The van der Waals surface area contributed by atoms with Crippen LogP contribution in [-0.4, -0.2) is 17.1 Å². The van der Waals surface area contributed by atoms with E-state index in [0.717, 1.165) is 18.4 Å². The first-order valence-corrected chi connectivity index (χ1v) is 7.56. The Balaban J connectivity index is 0.000000433. The van der Waals surface area contributed by atoms with E-state index in [0.29, 0.717) is 12.8 Å². The number of unbranched alkanes of at least 4 members (excludes halogenated alkanes) is 1. The van der Waals surface area contributed by atoms with Crippen LogP contribution < -0.4 is 0 Å². The minimum absolute atomic E-state index is 0.269. The van der Waals surface area contributed by atoms with E-state index in [1.54, 1.807) is 18.3 Å². The number of ketones is 1. The van der Waals surface area contributed by atoms with Crippen LogP contribution in [0.15, 0.2) is 41.5 Å². The van der Waals surface area contributed by atoms with Gasteiger partial charge in [0.15, 0.2) is 0 Å². The number of hydrogen-bond acceptors (Lipinski definition) is 3. The number of benzene rings is 1. The molecule has 0 fully saturated rings. The Bertz CT molecular complexity index is 433. The standard InChI is InChI=1S/C11H14O2.C7H13N/c1-2-10(12)6-3-9-4-7-11(13)8-5-9;1-3-5-7-8-6-4-2/h4-5,7-8,13H,2-3,6H2,1H3;4,6-7H,3,5H2,1-2H3/b;6-4-,8-7?. The van der Waals surface area contributed by atoms with Crippen LogP contribution in [0.2, 0.25) is 0 Å². The van der Waals surface area contributed by atoms with E-state index in [1.165, 1.54) is 6.42 Å². The van der Waals surface area contributed by atoms with Gasteiger partial charge in [-0.3, -0.25) is 9.79 Å². The van der Waals surface area contributed by atoms with E-state index in [1.807, 2.05) is 38.3 Å². The van der Waals surface area contributed by atoms with Crippen LogP contribution in [0.25, 0.3) is 0 Å². The molecule has 1 aromatic carbocycles. The minimum atomic E-state index is 0.269. The molecule has 0 aliphatic carbocycles. The largest absolute Gasteiger partial charge is 0.508 e. The lowest BCUT2D eigenvalue weighted by atomic mass is 10.1. The highest BCUT2D eigenvalue weighted by Crippen LogP contribution is 2.11. The number of phenols is 1. The maximum Gasteiger partial charge on any atom is 0.132 e. The molecular weight excluding hydrogens is 262 g/mol. The quantitative estimate of drug-likeness (QED) is 0.740. The van der Waals surface area contributed by atoms with Crippen molar-refractivity contribution in [3.8, 4) is 5.75 Å². The zero-order valence-corrected chi connectivity index (χ0v) is 13.4. The van der Waals surface area contributed by atoms with Crippen LogP contribution in [0.1, 0.15) is 52.0 Å². The number of aryl methyl sites for hydroxylation is 1. The lowest BCUT2D eigenvalue weighted by Gasteiger charge is -1.99. The van der Waals surface area contributed by atoms with Gasteiger partial charge in [0.05, 0.1) is 0 Å². The van der Waals surface area contributed by atoms with Crippen molar-refractivity contribution < 1.29 is 9.90 Å². The lowest BCUT2D eigenvalue weighted by molar-refractivity contribution is -0.118. The lowest BCUT2D eigenvalue weighted by Crippen LogP contribution is -1.97. The van der Waals surface area contributed by atoms with Gasteiger partial charge in [-0.2, -0.15) is 0 Å². The summed E-state index contributed by atoms with van der Waals surface area (Å²) in [6.07, 6.45) is 9.90. The second kappa shape index (κ2) is 13.1. The molecule has 0 aromatic heterocycles. The van der Waals surface area contributed by atoms with Gasteiger partial charge in [0.25, 0.3) is 0 Å². The van der Waals surface area contributed by atoms with Gasteiger partial charge in [-0.15, -0.1) is 0 Å². The highest BCUT2D eigenvalue weighted by molar-refractivity contribution is 5.78. The molecule has 0 aliphatic heterocycles. The molecule has 0 atom stereocenters. The van der Waals surface area contributed by atoms with Crippen molar-refractivity contribution in [1.29, 1.82) is 0 Å². The Morgan fingerprint density at radius 2 is 1.90 bits per heavy atom. The first-order valence-electron chi connectivity index (χ1n) is 7.56. The van der Waals surface area contributed by atoms with E-state index in [4.69, 9.17) is 5.11 Å². The van der Waals surface area contributed by atoms with Crippen LogP contribution >= 0.6 is 0 Å². The summed E-state index contributed by atoms with van der Waals surface area (Å²) in [7, 11) is 0. The molecule has 0 unspecified atom stereocenters. The summed E-state index contributed by atoms with van der Waals surface area (Å²) in [5, 5.41) is 9.01. The Morgan fingerprint density at radius 3 is 2.43 bits per heavy atom. The molecule has 21 heavy (non-hydrogen) atoms. The first-order chi connectivity index (χ1) is 10.1. The molecule has 1 N–H and O–H groups in total. The van der Waals surface area contributed by atoms with E-state index in [9.17, 15) is 4.79 Å². The fourth-order valence-corrected chi connectivity index (χ4v) is 1.47. The van der Waals surface area contributed by atoms with Crippen molar-refractivity contribution in [2.75, 3.05) is 0 Å². The fourth-order valence-electron chi connectivity index (χ4n) is 1.47. The molecule has 1 rings (SSSR count). The van der Waals surface area contributed by atoms with Gasteiger partial charge < -0.3 is 5.11 Å². The number of allylic oxidation sites excluding steroid dienone is 1. The van der Waals surface area contributed by atoms with Crippen molar-refractivity contribution >= 4 is 12.0 Å². The van der Waals surface area contributed by atoms with Crippen molar-refractivity contribution in [3.05, 3.63) is 42.1 Å². The maximum absolute atomic E-state index is 11.0. The SMILES string of the molecule is C/C=C\N=CCCC.CCC(=O)CCc1ccc(O)cc1. The summed E-state index contributed by atoms with van der Waals surface area (Å²) in [6, 6.07) is 6.98. The van der Waals surface area contributed by atoms with Gasteiger partial charge in [-0.05, 0) is 37.5 Å². The summed E-state index contributed by atoms with van der Waals surface area (Å²) in [5.74, 6) is 0.554. The van der Waals surface area contributed by atoms with Gasteiger partial charge >= 0.3 is 0 Å². The van der Waals surface area contributed by atoms with Crippen molar-refractivity contribution in [2.45, 2.75) is 52.9 Å². The van der Waals surface area contributed by atoms with Crippen LogP contribution in [-0.2, 0) is 11.2 Å². The number of rotatable bonds is 7. The molecule has 3 nitrogen and oxygen atoms in total. The number of aromatic hydroxyl groups is 1. The molecule has 0 aliphatic rings. The minimum Gasteiger partial charge on any atom is -0.508 e. The van der Waals surface area contributed by atoms with Crippen LogP contribution in [0.4, 0.5) is 0 Å². The molecule has 116 valence electrons. The molecule has 0 spiro atoms. The third kappa shape index (κ3) is 11.6. The summed E-state index contributed by atoms with van der Waals surface area (Å²) < 4.78 is 0. The molecule has 3 heteroatoms. The summed E-state index contributed by atoms with van der Waals surface area (Å²) >= 11 is 0. The summed E-state index contributed by atoms with van der Waals surface area (Å²) in [4.78, 5) is 15.0. The molecule has 0 saturated heterocycles. The average Bonchev–Trinajstić information content (AvgIpc) is 2.51. The van der Waals surface area contributed by atoms with E-state index in [2.05, 4.69) is 11.9 Å². The predicted octanol–water partition coefficient (Wildman–Crippen LogP) is 4.69. The normalized spacial score (nSPS) is 10.6. The van der Waals surface area contributed by atoms with Crippen LogP contribution in [0, 0.1) is 0 Å². The highest BCUT2D eigenvalue weighted by Gasteiger charge is 1.99. The van der Waals surface area contributed by atoms with Gasteiger partial charge in [0.1, 0.15) is 11.5 Å². The Kier molecular flexibility index (Phi) is 11.9. The smallest absolute Gasteiger partial charge is 0.132 e. The molecule has 0 heterocycles.